The summed E-state index contributed by atoms with van der Waals surface area (Å²) in [5, 5.41) is 0. The molecule has 1 aliphatic rings. The Balaban J connectivity index is 2.03. The van der Waals surface area contributed by atoms with Crippen molar-refractivity contribution >= 4 is 5.91 Å². The highest BCUT2D eigenvalue weighted by atomic mass is 16.5. The first kappa shape index (κ1) is 17.3. The molecule has 1 unspecified atom stereocenters. The number of aromatic nitrogens is 1. The Morgan fingerprint density at radius 2 is 1.96 bits per heavy atom. The standard InChI is InChI=1S/C20H24N2O3/c1-13(2)19-16-11-18(25-4)17(24-3)10-14(16)7-9-22(19)20(23)15-6-5-8-21-12-15/h5-6,8,10-13,19H,7,9H2,1-4H3. The van der Waals surface area contributed by atoms with Crippen LogP contribution in [0.1, 0.15) is 41.4 Å². The second-order valence-electron chi connectivity index (χ2n) is 6.59. The van der Waals surface area contributed by atoms with Crippen LogP contribution in [0.15, 0.2) is 36.7 Å². The predicted molar refractivity (Wildman–Crippen MR) is 96.1 cm³/mol. The maximum atomic E-state index is 13.0. The average molecular weight is 340 g/mol. The number of hydrogen-bond donors (Lipinski definition) is 0. The smallest absolute Gasteiger partial charge is 0.255 e. The van der Waals surface area contributed by atoms with Gasteiger partial charge in [0, 0.05) is 18.9 Å². The van der Waals surface area contributed by atoms with E-state index in [2.05, 4.69) is 18.8 Å². The van der Waals surface area contributed by atoms with E-state index in [1.807, 2.05) is 23.1 Å². The monoisotopic (exact) mass is 340 g/mol. The molecule has 0 saturated carbocycles. The topological polar surface area (TPSA) is 51.7 Å². The Kier molecular flexibility index (Phi) is 4.93. The third-order valence-electron chi connectivity index (χ3n) is 4.72. The molecule has 132 valence electrons. The van der Waals surface area contributed by atoms with Crippen LogP contribution in [0.3, 0.4) is 0 Å². The number of hydrogen-bond acceptors (Lipinski definition) is 4. The first-order valence-corrected chi connectivity index (χ1v) is 8.52. The third kappa shape index (κ3) is 3.18. The Morgan fingerprint density at radius 3 is 2.56 bits per heavy atom. The molecule has 5 heteroatoms. The molecular weight excluding hydrogens is 316 g/mol. The minimum absolute atomic E-state index is 0.00346. The molecule has 2 aromatic rings. The number of pyridine rings is 1. The van der Waals surface area contributed by atoms with Crippen molar-refractivity contribution in [1.29, 1.82) is 0 Å². The highest BCUT2D eigenvalue weighted by Crippen LogP contribution is 2.41. The zero-order chi connectivity index (χ0) is 18.0. The van der Waals surface area contributed by atoms with E-state index in [4.69, 9.17) is 9.47 Å². The molecule has 0 N–H and O–H groups in total. The number of nitrogens with zero attached hydrogens (tertiary/aromatic N) is 2. The molecule has 0 radical (unpaired) electrons. The molecule has 0 spiro atoms. The summed E-state index contributed by atoms with van der Waals surface area (Å²) in [6.07, 6.45) is 4.11. The van der Waals surface area contributed by atoms with Gasteiger partial charge in [0.2, 0.25) is 0 Å². The summed E-state index contributed by atoms with van der Waals surface area (Å²) in [6, 6.07) is 7.66. The second-order valence-corrected chi connectivity index (χ2v) is 6.59. The Bertz CT molecular complexity index is 759. The summed E-state index contributed by atoms with van der Waals surface area (Å²) < 4.78 is 10.9. The molecule has 1 amide bonds. The maximum Gasteiger partial charge on any atom is 0.255 e. The van der Waals surface area contributed by atoms with E-state index in [0.717, 1.165) is 17.7 Å². The lowest BCUT2D eigenvalue weighted by molar-refractivity contribution is 0.0602. The quantitative estimate of drug-likeness (QED) is 0.855. The minimum Gasteiger partial charge on any atom is -0.493 e. The van der Waals surface area contributed by atoms with Crippen molar-refractivity contribution in [2.24, 2.45) is 5.92 Å². The van der Waals surface area contributed by atoms with Gasteiger partial charge in [-0.2, -0.15) is 0 Å². The summed E-state index contributed by atoms with van der Waals surface area (Å²) >= 11 is 0. The molecule has 5 nitrogen and oxygen atoms in total. The molecule has 1 aromatic carbocycles. The first-order chi connectivity index (χ1) is 12.1. The summed E-state index contributed by atoms with van der Waals surface area (Å²) in [5.74, 6) is 1.73. The van der Waals surface area contributed by atoms with Crippen molar-refractivity contribution in [3.05, 3.63) is 53.3 Å². The van der Waals surface area contributed by atoms with Crippen LogP contribution in [0.4, 0.5) is 0 Å². The van der Waals surface area contributed by atoms with Gasteiger partial charge < -0.3 is 14.4 Å². The number of carbonyl (C=O) groups is 1. The third-order valence-corrected chi connectivity index (χ3v) is 4.72. The summed E-state index contributed by atoms with van der Waals surface area (Å²) in [5.41, 5.74) is 2.97. The van der Waals surface area contributed by atoms with Crippen LogP contribution in [0, 0.1) is 5.92 Å². The minimum atomic E-state index is -0.00346. The lowest BCUT2D eigenvalue weighted by atomic mass is 9.85. The van der Waals surface area contributed by atoms with Gasteiger partial charge in [0.05, 0.1) is 25.8 Å². The van der Waals surface area contributed by atoms with Crippen LogP contribution in [0.2, 0.25) is 0 Å². The number of methoxy groups -OCH3 is 2. The molecule has 25 heavy (non-hydrogen) atoms. The second kappa shape index (κ2) is 7.13. The summed E-state index contributed by atoms with van der Waals surface area (Å²) in [4.78, 5) is 19.1. The molecule has 3 rings (SSSR count). The van der Waals surface area contributed by atoms with Gasteiger partial charge >= 0.3 is 0 Å². The fourth-order valence-electron chi connectivity index (χ4n) is 3.58. The van der Waals surface area contributed by atoms with Gasteiger partial charge in [0.25, 0.3) is 5.91 Å². The number of rotatable bonds is 4. The molecule has 1 atom stereocenters. The number of fused-ring (bicyclic) bond motifs is 1. The molecule has 2 heterocycles. The van der Waals surface area contributed by atoms with Crippen molar-refractivity contribution in [2.45, 2.75) is 26.3 Å². The van der Waals surface area contributed by atoms with E-state index in [1.165, 1.54) is 5.56 Å². The fourth-order valence-corrected chi connectivity index (χ4v) is 3.58. The lowest BCUT2D eigenvalue weighted by Gasteiger charge is -2.40. The normalized spacial score (nSPS) is 16.5. The van der Waals surface area contributed by atoms with Gasteiger partial charge in [0.15, 0.2) is 11.5 Å². The van der Waals surface area contributed by atoms with Crippen molar-refractivity contribution in [2.75, 3.05) is 20.8 Å². The molecular formula is C20H24N2O3. The largest absolute Gasteiger partial charge is 0.493 e. The van der Waals surface area contributed by atoms with E-state index in [9.17, 15) is 4.79 Å². The fraction of sp³-hybridized carbons (Fsp3) is 0.400. The van der Waals surface area contributed by atoms with Gasteiger partial charge in [-0.25, -0.2) is 0 Å². The molecule has 0 bridgehead atoms. The number of ether oxygens (including phenoxy) is 2. The van der Waals surface area contributed by atoms with E-state index in [1.54, 1.807) is 32.7 Å². The zero-order valence-electron chi connectivity index (χ0n) is 15.2. The van der Waals surface area contributed by atoms with Crippen LogP contribution >= 0.6 is 0 Å². The van der Waals surface area contributed by atoms with E-state index in [-0.39, 0.29) is 17.9 Å². The summed E-state index contributed by atoms with van der Waals surface area (Å²) in [6.45, 7) is 4.96. The van der Waals surface area contributed by atoms with Gasteiger partial charge in [-0.3, -0.25) is 9.78 Å². The molecule has 0 aliphatic carbocycles. The SMILES string of the molecule is COc1cc2c(cc1OC)C(C(C)C)N(C(=O)c1cccnc1)CC2. The first-order valence-electron chi connectivity index (χ1n) is 8.52. The van der Waals surface area contributed by atoms with Crippen molar-refractivity contribution in [1.82, 2.24) is 9.88 Å². The highest BCUT2D eigenvalue weighted by Gasteiger charge is 2.34. The zero-order valence-corrected chi connectivity index (χ0v) is 15.2. The Labute approximate surface area is 148 Å². The maximum absolute atomic E-state index is 13.0. The van der Waals surface area contributed by atoms with Crippen molar-refractivity contribution < 1.29 is 14.3 Å². The van der Waals surface area contributed by atoms with Crippen LogP contribution in [0.25, 0.3) is 0 Å². The van der Waals surface area contributed by atoms with Gasteiger partial charge in [-0.1, -0.05) is 13.8 Å². The molecule has 0 fully saturated rings. The van der Waals surface area contributed by atoms with E-state index >= 15 is 0 Å². The molecule has 1 aromatic heterocycles. The van der Waals surface area contributed by atoms with Crippen LogP contribution in [-0.4, -0.2) is 36.6 Å². The number of benzene rings is 1. The highest BCUT2D eigenvalue weighted by molar-refractivity contribution is 5.94. The van der Waals surface area contributed by atoms with Crippen molar-refractivity contribution in [3.8, 4) is 11.5 Å². The Morgan fingerprint density at radius 1 is 1.24 bits per heavy atom. The van der Waals surface area contributed by atoms with Crippen LogP contribution in [0.5, 0.6) is 11.5 Å². The van der Waals surface area contributed by atoms with Gasteiger partial charge in [-0.05, 0) is 47.7 Å². The molecule has 1 aliphatic heterocycles. The van der Waals surface area contributed by atoms with E-state index in [0.29, 0.717) is 17.9 Å². The van der Waals surface area contributed by atoms with Crippen LogP contribution < -0.4 is 9.47 Å². The number of amides is 1. The Hall–Kier alpha value is -2.56. The van der Waals surface area contributed by atoms with E-state index < -0.39 is 0 Å². The van der Waals surface area contributed by atoms with Crippen molar-refractivity contribution in [3.63, 3.8) is 0 Å². The lowest BCUT2D eigenvalue weighted by Crippen LogP contribution is -2.42. The predicted octanol–water partition coefficient (Wildman–Crippen LogP) is 3.49. The van der Waals surface area contributed by atoms with Crippen LogP contribution in [-0.2, 0) is 6.42 Å². The summed E-state index contributed by atoms with van der Waals surface area (Å²) in [7, 11) is 3.28. The average Bonchev–Trinajstić information content (AvgIpc) is 2.65. The van der Waals surface area contributed by atoms with Gasteiger partial charge in [0.1, 0.15) is 0 Å². The molecule has 0 saturated heterocycles. The van der Waals surface area contributed by atoms with Gasteiger partial charge in [-0.15, -0.1) is 0 Å². The number of carbonyl (C=O) groups excluding carboxylic acids is 1.